The van der Waals surface area contributed by atoms with Gasteiger partial charge in [0, 0.05) is 6.08 Å². The minimum absolute atomic E-state index is 0.303. The predicted molar refractivity (Wildman–Crippen MR) is 83.2 cm³/mol. The van der Waals surface area contributed by atoms with Gasteiger partial charge in [0.05, 0.1) is 6.61 Å². The molecule has 0 aromatic heterocycles. The molecule has 4 heteroatoms. The van der Waals surface area contributed by atoms with E-state index in [1.807, 2.05) is 19.1 Å². The maximum absolute atomic E-state index is 12.8. The van der Waals surface area contributed by atoms with Gasteiger partial charge in [0.15, 0.2) is 0 Å². The van der Waals surface area contributed by atoms with E-state index in [0.717, 1.165) is 11.1 Å². The van der Waals surface area contributed by atoms with Crippen LogP contribution in [0.15, 0.2) is 54.6 Å². The summed E-state index contributed by atoms with van der Waals surface area (Å²) in [5.74, 6) is 0.543. The number of hydrogen-bond acceptors (Lipinski definition) is 3. The molecule has 2 rings (SSSR count). The number of hydrogen-bond donors (Lipinski definition) is 0. The molecule has 0 saturated heterocycles. The summed E-state index contributed by atoms with van der Waals surface area (Å²) in [6.45, 7) is 3.96. The third-order valence-electron chi connectivity index (χ3n) is 2.98. The van der Waals surface area contributed by atoms with Gasteiger partial charge in [-0.1, -0.05) is 12.1 Å². The number of carbonyl (C=O) groups excluding carboxylic acids is 1. The van der Waals surface area contributed by atoms with E-state index in [0.29, 0.717) is 18.1 Å². The molecule has 0 N–H and O–H groups in total. The van der Waals surface area contributed by atoms with Crippen molar-refractivity contribution < 1.29 is 18.7 Å². The van der Waals surface area contributed by atoms with E-state index in [9.17, 15) is 9.18 Å². The monoisotopic (exact) mass is 300 g/mol. The molecule has 0 heterocycles. The van der Waals surface area contributed by atoms with Crippen LogP contribution in [0.2, 0.25) is 0 Å². The molecular formula is C18H17FO3. The van der Waals surface area contributed by atoms with Crippen molar-refractivity contribution in [3.63, 3.8) is 0 Å². The van der Waals surface area contributed by atoms with Crippen molar-refractivity contribution in [1.82, 2.24) is 0 Å². The Morgan fingerprint density at radius 3 is 2.14 bits per heavy atom. The van der Waals surface area contributed by atoms with Crippen molar-refractivity contribution in [3.8, 4) is 11.5 Å². The second-order valence-electron chi connectivity index (χ2n) is 4.66. The number of ether oxygens (including phenoxy) is 2. The first-order valence-corrected chi connectivity index (χ1v) is 6.97. The molecule has 0 radical (unpaired) electrons. The van der Waals surface area contributed by atoms with E-state index in [1.54, 1.807) is 31.2 Å². The molecule has 0 aliphatic heterocycles. The smallest absolute Gasteiger partial charge is 0.331 e. The van der Waals surface area contributed by atoms with Crippen molar-refractivity contribution in [3.05, 3.63) is 66.0 Å². The molecule has 0 spiro atoms. The van der Waals surface area contributed by atoms with Crippen molar-refractivity contribution in [2.45, 2.75) is 13.8 Å². The van der Waals surface area contributed by atoms with Crippen LogP contribution in [0.25, 0.3) is 5.57 Å². The lowest BCUT2D eigenvalue weighted by atomic mass is 10.1. The Bertz CT molecular complexity index is 658. The van der Waals surface area contributed by atoms with Crippen LogP contribution in [-0.4, -0.2) is 12.6 Å². The molecule has 0 unspecified atom stereocenters. The summed E-state index contributed by atoms with van der Waals surface area (Å²) in [5, 5.41) is 0. The van der Waals surface area contributed by atoms with Gasteiger partial charge in [0.1, 0.15) is 17.3 Å². The Kier molecular flexibility index (Phi) is 5.31. The average Bonchev–Trinajstić information content (AvgIpc) is 2.50. The molecule has 0 amide bonds. The first-order chi connectivity index (χ1) is 10.6. The van der Waals surface area contributed by atoms with Crippen molar-refractivity contribution in [1.29, 1.82) is 0 Å². The fourth-order valence-corrected chi connectivity index (χ4v) is 1.87. The van der Waals surface area contributed by atoms with Gasteiger partial charge >= 0.3 is 5.97 Å². The van der Waals surface area contributed by atoms with E-state index in [1.165, 1.54) is 18.2 Å². The van der Waals surface area contributed by atoms with Crippen LogP contribution in [0.5, 0.6) is 11.5 Å². The SMILES string of the molecule is CCOC(=O)C=C(C)c1ccc(Oc2ccc(F)cc2)cc1. The number of halogens is 1. The van der Waals surface area contributed by atoms with Crippen LogP contribution in [0, 0.1) is 5.82 Å². The van der Waals surface area contributed by atoms with Gasteiger partial charge in [-0.05, 0) is 61.4 Å². The van der Waals surface area contributed by atoms with E-state index >= 15 is 0 Å². The third-order valence-corrected chi connectivity index (χ3v) is 2.98. The van der Waals surface area contributed by atoms with Gasteiger partial charge < -0.3 is 9.47 Å². The molecule has 0 atom stereocenters. The highest BCUT2D eigenvalue weighted by Gasteiger charge is 2.03. The molecule has 0 aliphatic carbocycles. The van der Waals surface area contributed by atoms with Crippen LogP contribution in [0.4, 0.5) is 4.39 Å². The van der Waals surface area contributed by atoms with Gasteiger partial charge in [-0.2, -0.15) is 0 Å². The lowest BCUT2D eigenvalue weighted by molar-refractivity contribution is -0.137. The van der Waals surface area contributed by atoms with Crippen LogP contribution >= 0.6 is 0 Å². The summed E-state index contributed by atoms with van der Waals surface area (Å²) in [5.41, 5.74) is 1.71. The minimum atomic E-state index is -0.355. The van der Waals surface area contributed by atoms with Gasteiger partial charge in [0.25, 0.3) is 0 Å². The van der Waals surface area contributed by atoms with Crippen molar-refractivity contribution in [2.24, 2.45) is 0 Å². The Morgan fingerprint density at radius 2 is 1.59 bits per heavy atom. The van der Waals surface area contributed by atoms with Gasteiger partial charge in [0.2, 0.25) is 0 Å². The summed E-state index contributed by atoms with van der Waals surface area (Å²) in [4.78, 5) is 11.4. The Labute approximate surface area is 129 Å². The molecule has 0 fully saturated rings. The maximum atomic E-state index is 12.8. The van der Waals surface area contributed by atoms with Gasteiger partial charge in [-0.3, -0.25) is 0 Å². The van der Waals surface area contributed by atoms with Crippen molar-refractivity contribution in [2.75, 3.05) is 6.61 Å². The standard InChI is InChI=1S/C18H17FO3/c1-3-21-18(20)12-13(2)14-4-8-16(9-5-14)22-17-10-6-15(19)7-11-17/h4-12H,3H2,1-2H3. The first-order valence-electron chi connectivity index (χ1n) is 6.97. The molecule has 22 heavy (non-hydrogen) atoms. The van der Waals surface area contributed by atoms with E-state index in [2.05, 4.69) is 0 Å². The van der Waals surface area contributed by atoms with E-state index in [-0.39, 0.29) is 11.8 Å². The zero-order valence-corrected chi connectivity index (χ0v) is 12.5. The normalized spacial score (nSPS) is 11.1. The summed E-state index contributed by atoms with van der Waals surface area (Å²) < 4.78 is 23.3. The highest BCUT2D eigenvalue weighted by molar-refractivity contribution is 5.90. The van der Waals surface area contributed by atoms with E-state index < -0.39 is 0 Å². The topological polar surface area (TPSA) is 35.5 Å². The Balaban J connectivity index is 2.06. The molecule has 114 valence electrons. The first kappa shape index (κ1) is 15.8. The van der Waals surface area contributed by atoms with Crippen LogP contribution in [0.3, 0.4) is 0 Å². The van der Waals surface area contributed by atoms with Gasteiger partial charge in [-0.25, -0.2) is 9.18 Å². The predicted octanol–water partition coefficient (Wildman–Crippen LogP) is 4.58. The van der Waals surface area contributed by atoms with Crippen LogP contribution < -0.4 is 4.74 Å². The Morgan fingerprint density at radius 1 is 1.05 bits per heavy atom. The summed E-state index contributed by atoms with van der Waals surface area (Å²) in [7, 11) is 0. The molecule has 3 nitrogen and oxygen atoms in total. The quantitative estimate of drug-likeness (QED) is 0.598. The lowest BCUT2D eigenvalue weighted by Gasteiger charge is -2.07. The number of esters is 1. The summed E-state index contributed by atoms with van der Waals surface area (Å²) in [6, 6.07) is 13.1. The lowest BCUT2D eigenvalue weighted by Crippen LogP contribution is -2.00. The number of carbonyl (C=O) groups is 1. The molecule has 2 aromatic rings. The van der Waals surface area contributed by atoms with Crippen LogP contribution in [-0.2, 0) is 9.53 Å². The van der Waals surface area contributed by atoms with Gasteiger partial charge in [-0.15, -0.1) is 0 Å². The highest BCUT2D eigenvalue weighted by Crippen LogP contribution is 2.24. The van der Waals surface area contributed by atoms with Crippen LogP contribution in [0.1, 0.15) is 19.4 Å². The zero-order chi connectivity index (χ0) is 15.9. The summed E-state index contributed by atoms with van der Waals surface area (Å²) in [6.07, 6.45) is 1.46. The fourth-order valence-electron chi connectivity index (χ4n) is 1.87. The van der Waals surface area contributed by atoms with E-state index in [4.69, 9.17) is 9.47 Å². The molecule has 0 bridgehead atoms. The fraction of sp³-hybridized carbons (Fsp3) is 0.167. The zero-order valence-electron chi connectivity index (χ0n) is 12.5. The molecular weight excluding hydrogens is 283 g/mol. The Hall–Kier alpha value is -2.62. The molecule has 2 aromatic carbocycles. The largest absolute Gasteiger partial charge is 0.463 e. The minimum Gasteiger partial charge on any atom is -0.463 e. The maximum Gasteiger partial charge on any atom is 0.331 e. The highest BCUT2D eigenvalue weighted by atomic mass is 19.1. The second kappa shape index (κ2) is 7.41. The average molecular weight is 300 g/mol. The number of rotatable bonds is 5. The van der Waals surface area contributed by atoms with Crippen molar-refractivity contribution >= 4 is 11.5 Å². The third kappa shape index (κ3) is 4.45. The second-order valence-corrected chi connectivity index (χ2v) is 4.66. The molecule has 0 aliphatic rings. The number of allylic oxidation sites excluding steroid dienone is 1. The summed E-state index contributed by atoms with van der Waals surface area (Å²) >= 11 is 0. The number of benzene rings is 2. The molecule has 0 saturated carbocycles.